The Kier molecular flexibility index (Phi) is 14.2. The number of rotatable bonds is 14. The Balaban J connectivity index is 0.877. The number of ketones is 1. The van der Waals surface area contributed by atoms with Crippen LogP contribution in [0.5, 0.6) is 0 Å². The van der Waals surface area contributed by atoms with E-state index in [0.717, 1.165) is 38.5 Å². The van der Waals surface area contributed by atoms with Crippen molar-refractivity contribution in [3.05, 3.63) is 0 Å². The number of carbonyl (C=O) groups is 1. The molecular formula is C49H80O20. The standard InChI is InChI=1S/C49H80O20/c1-21(18-63-41-37(60)34(57)31(54)25(15-50)64-41)23(53)14-24-22(2)40-45(5)12-13-48-20-47(48)11-10-30(44(3,4)28(47)8-9-29(48)46(45,6)19-49(40,62-7)69-24)67-43-39(36(59)33(56)27(17-52)66-43)68-42-38(61)35(58)32(55)26(16-51)65-42/h21-22,24-43,50-52,54-61H,8-20H2,1-7H3. The summed E-state index contributed by atoms with van der Waals surface area (Å²) in [6.45, 7) is 11.2. The molecule has 0 aromatic carbocycles. The molecule has 396 valence electrons. The van der Waals surface area contributed by atoms with Gasteiger partial charge in [-0.15, -0.1) is 0 Å². The van der Waals surface area contributed by atoms with Crippen LogP contribution >= 0.6 is 0 Å². The van der Waals surface area contributed by atoms with E-state index in [9.17, 15) is 61.0 Å². The molecule has 5 aliphatic carbocycles. The van der Waals surface area contributed by atoms with Crippen molar-refractivity contribution in [1.82, 2.24) is 0 Å². The Morgan fingerprint density at radius 2 is 1.17 bits per heavy atom. The number of carbonyl (C=O) groups excluding carboxylic acids is 1. The molecule has 27 atom stereocenters. The van der Waals surface area contributed by atoms with Gasteiger partial charge in [0.2, 0.25) is 0 Å². The lowest BCUT2D eigenvalue weighted by Crippen LogP contribution is -2.65. The van der Waals surface area contributed by atoms with Crippen LogP contribution in [0.2, 0.25) is 0 Å². The van der Waals surface area contributed by atoms with Gasteiger partial charge in [0.1, 0.15) is 79.0 Å². The first-order valence-electron chi connectivity index (χ1n) is 25.4. The number of methoxy groups -OCH3 is 1. The van der Waals surface area contributed by atoms with Crippen molar-refractivity contribution >= 4 is 5.78 Å². The summed E-state index contributed by atoms with van der Waals surface area (Å²) >= 11 is 0. The summed E-state index contributed by atoms with van der Waals surface area (Å²) in [6, 6.07) is 0. The minimum Gasteiger partial charge on any atom is -0.394 e. The van der Waals surface area contributed by atoms with E-state index >= 15 is 0 Å². The van der Waals surface area contributed by atoms with Gasteiger partial charge in [-0.25, -0.2) is 0 Å². The number of Topliss-reactive ketones (excluding diaryl/α,β-unsaturated/α-hetero) is 1. The lowest BCUT2D eigenvalue weighted by Gasteiger charge is -2.63. The molecule has 9 rings (SSSR count). The summed E-state index contributed by atoms with van der Waals surface area (Å²) in [5.74, 6) is -0.919. The molecule has 0 radical (unpaired) electrons. The largest absolute Gasteiger partial charge is 0.394 e. The topological polar surface area (TPSA) is 313 Å². The quantitative estimate of drug-likeness (QED) is 0.0915. The van der Waals surface area contributed by atoms with Gasteiger partial charge in [-0.2, -0.15) is 0 Å². The molecule has 0 amide bonds. The third-order valence-corrected chi connectivity index (χ3v) is 20.5. The van der Waals surface area contributed by atoms with Crippen LogP contribution in [0.3, 0.4) is 0 Å². The highest BCUT2D eigenvalue weighted by molar-refractivity contribution is 5.81. The van der Waals surface area contributed by atoms with Crippen LogP contribution in [0.4, 0.5) is 0 Å². The Labute approximate surface area is 403 Å². The van der Waals surface area contributed by atoms with Crippen molar-refractivity contribution in [2.24, 2.45) is 56.7 Å². The molecule has 9 fully saturated rings. The van der Waals surface area contributed by atoms with Crippen molar-refractivity contribution in [2.75, 3.05) is 33.5 Å². The van der Waals surface area contributed by atoms with E-state index in [-0.39, 0.29) is 58.2 Å². The fourth-order valence-electron chi connectivity index (χ4n) is 16.6. The summed E-state index contributed by atoms with van der Waals surface area (Å²) < 4.78 is 49.3. The molecule has 9 aliphatic rings. The summed E-state index contributed by atoms with van der Waals surface area (Å²) in [7, 11) is 1.72. The number of hydrogen-bond acceptors (Lipinski definition) is 20. The zero-order chi connectivity index (χ0) is 50.1. The predicted molar refractivity (Wildman–Crippen MR) is 236 cm³/mol. The summed E-state index contributed by atoms with van der Waals surface area (Å²) in [4.78, 5) is 13.8. The fraction of sp³-hybridized carbons (Fsp3) is 0.980. The number of ether oxygens (including phenoxy) is 8. The molecular weight excluding hydrogens is 909 g/mol. The maximum atomic E-state index is 13.8. The van der Waals surface area contributed by atoms with E-state index in [2.05, 4.69) is 34.6 Å². The van der Waals surface area contributed by atoms with Gasteiger partial charge in [-0.1, -0.05) is 41.5 Å². The highest BCUT2D eigenvalue weighted by Gasteiger charge is 2.85. The van der Waals surface area contributed by atoms with Crippen LogP contribution < -0.4 is 0 Å². The molecule has 0 bridgehead atoms. The molecule has 20 nitrogen and oxygen atoms in total. The zero-order valence-electron chi connectivity index (χ0n) is 41.0. The first kappa shape index (κ1) is 52.8. The van der Waals surface area contributed by atoms with Gasteiger partial charge in [0.25, 0.3) is 0 Å². The van der Waals surface area contributed by atoms with E-state index in [1.54, 1.807) is 14.0 Å². The zero-order valence-corrected chi connectivity index (χ0v) is 41.0. The van der Waals surface area contributed by atoms with Crippen molar-refractivity contribution in [2.45, 2.75) is 209 Å². The number of aliphatic hydroxyl groups is 11. The Morgan fingerprint density at radius 1 is 0.623 bits per heavy atom. The lowest BCUT2D eigenvalue weighted by molar-refractivity contribution is -0.377. The Morgan fingerprint density at radius 3 is 1.78 bits per heavy atom. The lowest BCUT2D eigenvalue weighted by atomic mass is 9.41. The maximum Gasteiger partial charge on any atom is 0.187 e. The first-order valence-corrected chi connectivity index (χ1v) is 25.4. The van der Waals surface area contributed by atoms with Gasteiger partial charge < -0.3 is 94.1 Å². The molecule has 0 aromatic heterocycles. The summed E-state index contributed by atoms with van der Waals surface area (Å²) in [5, 5.41) is 114. The molecule has 27 unspecified atom stereocenters. The second-order valence-electron chi connectivity index (χ2n) is 23.8. The van der Waals surface area contributed by atoms with Gasteiger partial charge >= 0.3 is 0 Å². The third kappa shape index (κ3) is 7.82. The van der Waals surface area contributed by atoms with Crippen LogP contribution in [-0.4, -0.2) is 206 Å². The molecule has 4 heterocycles. The van der Waals surface area contributed by atoms with Crippen LogP contribution in [-0.2, 0) is 42.7 Å². The molecule has 4 saturated heterocycles. The average molecular weight is 989 g/mol. The van der Waals surface area contributed by atoms with Gasteiger partial charge in [0.15, 0.2) is 24.7 Å². The number of fused-ring (bicyclic) bond motifs is 4. The second kappa shape index (κ2) is 18.6. The van der Waals surface area contributed by atoms with Crippen LogP contribution in [0.25, 0.3) is 0 Å². The van der Waals surface area contributed by atoms with E-state index in [4.69, 9.17) is 37.9 Å². The molecule has 69 heavy (non-hydrogen) atoms. The Hall–Kier alpha value is -1.09. The van der Waals surface area contributed by atoms with Crippen molar-refractivity contribution in [1.29, 1.82) is 0 Å². The smallest absolute Gasteiger partial charge is 0.187 e. The van der Waals surface area contributed by atoms with E-state index in [0.29, 0.717) is 18.8 Å². The molecule has 5 saturated carbocycles. The molecule has 4 aliphatic heterocycles. The van der Waals surface area contributed by atoms with Crippen LogP contribution in [0.1, 0.15) is 99.3 Å². The van der Waals surface area contributed by atoms with Gasteiger partial charge in [0, 0.05) is 31.8 Å². The van der Waals surface area contributed by atoms with Gasteiger partial charge in [-0.05, 0) is 89.8 Å². The monoisotopic (exact) mass is 989 g/mol. The van der Waals surface area contributed by atoms with E-state index < -0.39 is 141 Å². The van der Waals surface area contributed by atoms with Crippen LogP contribution in [0.15, 0.2) is 0 Å². The second-order valence-corrected chi connectivity index (χ2v) is 23.8. The third-order valence-electron chi connectivity index (χ3n) is 20.5. The minimum absolute atomic E-state index is 0.00931. The van der Waals surface area contributed by atoms with Gasteiger partial charge in [-0.3, -0.25) is 4.79 Å². The maximum absolute atomic E-state index is 13.8. The minimum atomic E-state index is -1.77. The molecule has 0 aromatic rings. The normalized spacial score (nSPS) is 55.8. The van der Waals surface area contributed by atoms with E-state index in [1.165, 1.54) is 0 Å². The first-order chi connectivity index (χ1) is 32.5. The fourth-order valence-corrected chi connectivity index (χ4v) is 16.6. The molecule has 20 heteroatoms. The van der Waals surface area contributed by atoms with Crippen molar-refractivity contribution < 1.29 is 98.9 Å². The highest BCUT2D eigenvalue weighted by Crippen LogP contribution is 2.90. The summed E-state index contributed by atoms with van der Waals surface area (Å²) in [6.07, 6.45) is -15.8. The predicted octanol–water partition coefficient (Wildman–Crippen LogP) is -1.17. The molecule has 11 N–H and O–H groups in total. The highest BCUT2D eigenvalue weighted by atomic mass is 16.8. The average Bonchev–Trinajstić information content (AvgIpc) is 3.84. The Bertz CT molecular complexity index is 1860. The van der Waals surface area contributed by atoms with E-state index in [1.807, 2.05) is 0 Å². The number of hydrogen-bond donors (Lipinski definition) is 11. The SMILES string of the molecule is COC12CC3(C)C4CCC5C(C)(C)C(OC6OC(CO)C(O)C(O)C6OC6OC(CO)C(O)C(O)C6O)CCC56CC46CCC3(C)C1C(C)C(CC(=O)C(C)COC1OC(CO)C(O)C(O)C1O)O2. The number of aliphatic hydroxyl groups excluding tert-OH is 11. The molecule has 2 spiro atoms. The van der Waals surface area contributed by atoms with Gasteiger partial charge in [0.05, 0.1) is 38.6 Å². The van der Waals surface area contributed by atoms with Crippen LogP contribution in [0, 0.1) is 56.7 Å². The van der Waals surface area contributed by atoms with Crippen molar-refractivity contribution in [3.8, 4) is 0 Å². The van der Waals surface area contributed by atoms with Crippen molar-refractivity contribution in [3.63, 3.8) is 0 Å². The summed E-state index contributed by atoms with van der Waals surface area (Å²) in [5.41, 5.74) is -0.569.